The number of likely N-dealkylation sites (tertiary alicyclic amines) is 1. The summed E-state index contributed by atoms with van der Waals surface area (Å²) in [5, 5.41) is 6.90. The molecule has 0 radical (unpaired) electrons. The van der Waals surface area contributed by atoms with Crippen LogP contribution in [0.5, 0.6) is 0 Å². The van der Waals surface area contributed by atoms with Gasteiger partial charge in [-0.2, -0.15) is 0 Å². The van der Waals surface area contributed by atoms with Gasteiger partial charge in [-0.3, -0.25) is 14.5 Å². The molecule has 1 heterocycles. The van der Waals surface area contributed by atoms with Crippen LogP contribution in [0.2, 0.25) is 0 Å². The molecule has 2 amide bonds. The first kappa shape index (κ1) is 16.6. The average Bonchev–Trinajstić information content (AvgIpc) is 2.72. The van der Waals surface area contributed by atoms with Gasteiger partial charge in [-0.1, -0.05) is 12.1 Å². The Morgan fingerprint density at radius 1 is 1.27 bits per heavy atom. The van der Waals surface area contributed by atoms with Crippen molar-refractivity contribution in [2.45, 2.75) is 30.7 Å². The zero-order chi connectivity index (χ0) is 16.3. The van der Waals surface area contributed by atoms with E-state index >= 15 is 0 Å². The first-order chi connectivity index (χ1) is 10.3. The maximum absolute atomic E-state index is 11.9. The largest absolute Gasteiger partial charge is 0.335 e. The quantitative estimate of drug-likeness (QED) is 0.625. The number of benzene rings is 1. The smallest absolute Gasteiger partial charge is 0.287 e. The van der Waals surface area contributed by atoms with Gasteiger partial charge in [-0.25, -0.2) is 13.6 Å². The van der Waals surface area contributed by atoms with E-state index in [0.29, 0.717) is 19.5 Å². The highest BCUT2D eigenvalue weighted by molar-refractivity contribution is 7.89. The molecule has 120 valence electrons. The van der Waals surface area contributed by atoms with Crippen LogP contribution in [-0.4, -0.2) is 44.3 Å². The Hall–Kier alpha value is -1.77. The summed E-state index contributed by atoms with van der Waals surface area (Å²) in [5.74, 6) is -0.247. The molecule has 1 aromatic carbocycles. The second kappa shape index (κ2) is 6.55. The second-order valence-electron chi connectivity index (χ2n) is 5.25. The number of sulfonamides is 1. The van der Waals surface area contributed by atoms with Gasteiger partial charge in [0.15, 0.2) is 6.04 Å². The first-order valence-electron chi connectivity index (χ1n) is 7.12. The van der Waals surface area contributed by atoms with Crippen molar-refractivity contribution in [1.82, 2.24) is 4.90 Å². The molecular weight excluding hydrogens is 306 g/mol. The SMILES string of the molecule is CCN1C(=O)CC([NH2+]CCc2ccc(S(N)(=O)=O)cc2)C1=O. The Balaban J connectivity index is 1.87. The number of carbonyl (C=O) groups is 2. The van der Waals surface area contributed by atoms with Gasteiger partial charge in [0.05, 0.1) is 17.9 Å². The molecule has 1 fully saturated rings. The number of quaternary nitrogens is 1. The summed E-state index contributed by atoms with van der Waals surface area (Å²) >= 11 is 0. The van der Waals surface area contributed by atoms with Crippen molar-refractivity contribution >= 4 is 21.8 Å². The summed E-state index contributed by atoms with van der Waals surface area (Å²) in [4.78, 5) is 24.9. The summed E-state index contributed by atoms with van der Waals surface area (Å²) in [7, 11) is -3.67. The monoisotopic (exact) mass is 326 g/mol. The lowest BCUT2D eigenvalue weighted by Crippen LogP contribution is -2.92. The fourth-order valence-corrected chi connectivity index (χ4v) is 3.04. The Morgan fingerprint density at radius 3 is 2.41 bits per heavy atom. The molecule has 0 aliphatic carbocycles. The number of primary sulfonamides is 1. The van der Waals surface area contributed by atoms with E-state index in [1.165, 1.54) is 17.0 Å². The molecule has 1 unspecified atom stereocenters. The van der Waals surface area contributed by atoms with E-state index in [-0.39, 0.29) is 29.2 Å². The standard InChI is InChI=1S/C14H19N3O4S/c1-2-17-13(18)9-12(14(17)19)16-8-7-10-3-5-11(6-4-10)22(15,20)21/h3-6,12,16H,2,7-9H2,1H3,(H2,15,20,21)/p+1. The molecule has 1 aliphatic rings. The van der Waals surface area contributed by atoms with Crippen molar-refractivity contribution in [2.75, 3.05) is 13.1 Å². The van der Waals surface area contributed by atoms with E-state index in [0.717, 1.165) is 5.56 Å². The van der Waals surface area contributed by atoms with Crippen molar-refractivity contribution in [2.24, 2.45) is 5.14 Å². The van der Waals surface area contributed by atoms with Crippen LogP contribution >= 0.6 is 0 Å². The molecule has 0 saturated carbocycles. The average molecular weight is 326 g/mol. The number of likely N-dealkylation sites (N-methyl/N-ethyl adjacent to an activating group) is 1. The fourth-order valence-electron chi connectivity index (χ4n) is 2.52. The maximum atomic E-state index is 11.9. The number of carbonyl (C=O) groups excluding carboxylic acids is 2. The van der Waals surface area contributed by atoms with Crippen LogP contribution in [0.1, 0.15) is 18.9 Å². The van der Waals surface area contributed by atoms with Crippen LogP contribution in [0.3, 0.4) is 0 Å². The van der Waals surface area contributed by atoms with Crippen LogP contribution in [0.15, 0.2) is 29.2 Å². The van der Waals surface area contributed by atoms with Gasteiger partial charge in [0.1, 0.15) is 0 Å². The van der Waals surface area contributed by atoms with Crippen LogP contribution in [-0.2, 0) is 26.0 Å². The Labute approximate surface area is 129 Å². The van der Waals surface area contributed by atoms with E-state index in [1.54, 1.807) is 19.1 Å². The molecule has 1 atom stereocenters. The topological polar surface area (TPSA) is 114 Å². The summed E-state index contributed by atoms with van der Waals surface area (Å²) in [5.41, 5.74) is 0.952. The van der Waals surface area contributed by atoms with Crippen LogP contribution in [0.25, 0.3) is 0 Å². The van der Waals surface area contributed by atoms with Crippen LogP contribution in [0, 0.1) is 0 Å². The maximum Gasteiger partial charge on any atom is 0.287 e. The third-order valence-corrected chi connectivity index (χ3v) is 4.66. The van der Waals surface area contributed by atoms with Crippen molar-refractivity contribution in [3.05, 3.63) is 29.8 Å². The van der Waals surface area contributed by atoms with E-state index in [9.17, 15) is 18.0 Å². The molecule has 1 aliphatic heterocycles. The molecule has 8 heteroatoms. The lowest BCUT2D eigenvalue weighted by Gasteiger charge is -2.11. The Morgan fingerprint density at radius 2 is 1.91 bits per heavy atom. The zero-order valence-corrected chi connectivity index (χ0v) is 13.2. The zero-order valence-electron chi connectivity index (χ0n) is 12.4. The molecule has 0 bridgehead atoms. The number of imide groups is 1. The third-order valence-electron chi connectivity index (χ3n) is 3.73. The molecule has 22 heavy (non-hydrogen) atoms. The predicted molar refractivity (Wildman–Crippen MR) is 79.1 cm³/mol. The molecule has 2 rings (SSSR count). The normalized spacial score (nSPS) is 19.0. The number of rotatable bonds is 6. The molecule has 7 nitrogen and oxygen atoms in total. The number of amides is 2. The van der Waals surface area contributed by atoms with Crippen molar-refractivity contribution in [1.29, 1.82) is 0 Å². The van der Waals surface area contributed by atoms with Gasteiger partial charge >= 0.3 is 0 Å². The number of nitrogens with zero attached hydrogens (tertiary/aromatic N) is 1. The highest BCUT2D eigenvalue weighted by Gasteiger charge is 2.39. The van der Waals surface area contributed by atoms with Gasteiger partial charge in [-0.05, 0) is 24.6 Å². The highest BCUT2D eigenvalue weighted by Crippen LogP contribution is 2.10. The van der Waals surface area contributed by atoms with Crippen LogP contribution in [0.4, 0.5) is 0 Å². The van der Waals surface area contributed by atoms with Gasteiger partial charge in [-0.15, -0.1) is 0 Å². The van der Waals surface area contributed by atoms with Gasteiger partial charge in [0, 0.05) is 13.0 Å². The van der Waals surface area contributed by atoms with E-state index < -0.39 is 10.0 Å². The van der Waals surface area contributed by atoms with Gasteiger partial charge in [0.2, 0.25) is 15.9 Å². The lowest BCUT2D eigenvalue weighted by atomic mass is 10.1. The third kappa shape index (κ3) is 3.70. The van der Waals surface area contributed by atoms with Crippen LogP contribution < -0.4 is 10.5 Å². The fraction of sp³-hybridized carbons (Fsp3) is 0.429. The molecule has 1 aromatic rings. The summed E-state index contributed by atoms with van der Waals surface area (Å²) in [6.45, 7) is 2.85. The van der Waals surface area contributed by atoms with E-state index in [4.69, 9.17) is 5.14 Å². The Kier molecular flexibility index (Phi) is 4.94. The number of hydrogen-bond donors (Lipinski definition) is 2. The Bertz CT molecular complexity index is 670. The molecule has 4 N–H and O–H groups in total. The molecule has 0 spiro atoms. The van der Waals surface area contributed by atoms with Crippen molar-refractivity contribution in [3.8, 4) is 0 Å². The number of nitrogens with two attached hydrogens (primary N) is 2. The first-order valence-corrected chi connectivity index (χ1v) is 8.67. The number of hydrogen-bond acceptors (Lipinski definition) is 4. The minimum Gasteiger partial charge on any atom is -0.335 e. The van der Waals surface area contributed by atoms with Crippen molar-refractivity contribution in [3.63, 3.8) is 0 Å². The lowest BCUT2D eigenvalue weighted by molar-refractivity contribution is -0.674. The molecule has 0 aromatic heterocycles. The highest BCUT2D eigenvalue weighted by atomic mass is 32.2. The van der Waals surface area contributed by atoms with Gasteiger partial charge < -0.3 is 5.32 Å². The van der Waals surface area contributed by atoms with E-state index in [2.05, 4.69) is 0 Å². The van der Waals surface area contributed by atoms with E-state index in [1.807, 2.05) is 5.32 Å². The minimum absolute atomic E-state index is 0.0791. The molecular formula is C14H20N3O4S+. The van der Waals surface area contributed by atoms with Gasteiger partial charge in [0.25, 0.3) is 5.91 Å². The van der Waals surface area contributed by atoms with Crippen molar-refractivity contribution < 1.29 is 23.3 Å². The second-order valence-corrected chi connectivity index (χ2v) is 6.81. The summed E-state index contributed by atoms with van der Waals surface area (Å²) in [6, 6.07) is 6.00. The summed E-state index contributed by atoms with van der Waals surface area (Å²) in [6.07, 6.45) is 0.923. The predicted octanol–water partition coefficient (Wildman–Crippen LogP) is -1.41. The minimum atomic E-state index is -3.67. The molecule has 1 saturated heterocycles. The summed E-state index contributed by atoms with van der Waals surface area (Å²) < 4.78 is 22.3.